The molecule has 1 aliphatic carbocycles. The molecule has 3 nitrogen and oxygen atoms in total. The summed E-state index contributed by atoms with van der Waals surface area (Å²) >= 11 is 0. The molecular formula is C13H27NO2. The number of ether oxygens (including phenoxy) is 1. The van der Waals surface area contributed by atoms with Gasteiger partial charge in [-0.3, -0.25) is 0 Å². The molecular weight excluding hydrogens is 202 g/mol. The lowest BCUT2D eigenvalue weighted by atomic mass is 9.84. The van der Waals surface area contributed by atoms with Crippen LogP contribution in [-0.2, 0) is 4.74 Å². The van der Waals surface area contributed by atoms with Crippen molar-refractivity contribution >= 4 is 0 Å². The first kappa shape index (κ1) is 13.9. The van der Waals surface area contributed by atoms with E-state index in [2.05, 4.69) is 19.2 Å². The van der Waals surface area contributed by atoms with E-state index in [1.165, 1.54) is 19.3 Å². The van der Waals surface area contributed by atoms with Crippen LogP contribution >= 0.6 is 0 Å². The van der Waals surface area contributed by atoms with Crippen molar-refractivity contribution in [3.63, 3.8) is 0 Å². The number of hydrogen-bond donors (Lipinski definition) is 2. The number of hydrogen-bond acceptors (Lipinski definition) is 3. The maximum Gasteiger partial charge on any atom is 0.0618 e. The summed E-state index contributed by atoms with van der Waals surface area (Å²) in [7, 11) is 1.75. The molecule has 1 rings (SSSR count). The second-order valence-electron chi connectivity index (χ2n) is 5.31. The van der Waals surface area contributed by atoms with Crippen molar-refractivity contribution in [3.8, 4) is 0 Å². The van der Waals surface area contributed by atoms with Gasteiger partial charge in [-0.2, -0.15) is 0 Å². The van der Waals surface area contributed by atoms with Gasteiger partial charge in [-0.15, -0.1) is 0 Å². The van der Waals surface area contributed by atoms with Gasteiger partial charge in [0.05, 0.1) is 6.61 Å². The van der Waals surface area contributed by atoms with Crippen molar-refractivity contribution in [1.29, 1.82) is 0 Å². The summed E-state index contributed by atoms with van der Waals surface area (Å²) in [6.45, 7) is 5.50. The maximum absolute atomic E-state index is 9.37. The van der Waals surface area contributed by atoms with Gasteiger partial charge in [0.2, 0.25) is 0 Å². The SMILES string of the molecule is COCC(NC1CCCCC1CO)C(C)C. The van der Waals surface area contributed by atoms with Crippen LogP contribution < -0.4 is 5.32 Å². The molecule has 3 heteroatoms. The second kappa shape index (κ2) is 7.25. The van der Waals surface area contributed by atoms with Crippen LogP contribution in [0.25, 0.3) is 0 Å². The van der Waals surface area contributed by atoms with Gasteiger partial charge in [-0.25, -0.2) is 0 Å². The largest absolute Gasteiger partial charge is 0.396 e. The van der Waals surface area contributed by atoms with Gasteiger partial charge >= 0.3 is 0 Å². The Bertz CT molecular complexity index is 185. The summed E-state index contributed by atoms with van der Waals surface area (Å²) in [6.07, 6.45) is 4.90. The lowest BCUT2D eigenvalue weighted by Crippen LogP contribution is -2.49. The van der Waals surface area contributed by atoms with E-state index < -0.39 is 0 Å². The number of rotatable bonds is 6. The summed E-state index contributed by atoms with van der Waals surface area (Å²) in [5, 5.41) is 13.0. The Hall–Kier alpha value is -0.120. The summed E-state index contributed by atoms with van der Waals surface area (Å²) in [5.41, 5.74) is 0. The lowest BCUT2D eigenvalue weighted by molar-refractivity contribution is 0.104. The highest BCUT2D eigenvalue weighted by atomic mass is 16.5. The lowest BCUT2D eigenvalue weighted by Gasteiger charge is -2.35. The van der Waals surface area contributed by atoms with Gasteiger partial charge in [-0.1, -0.05) is 26.7 Å². The molecule has 1 fully saturated rings. The van der Waals surface area contributed by atoms with Crippen LogP contribution in [0.15, 0.2) is 0 Å². The van der Waals surface area contributed by atoms with E-state index in [1.807, 2.05) is 0 Å². The van der Waals surface area contributed by atoms with Crippen LogP contribution in [0, 0.1) is 11.8 Å². The Labute approximate surface area is 99.6 Å². The smallest absolute Gasteiger partial charge is 0.0618 e. The highest BCUT2D eigenvalue weighted by Crippen LogP contribution is 2.25. The molecule has 0 aromatic rings. The van der Waals surface area contributed by atoms with E-state index in [0.717, 1.165) is 13.0 Å². The Morgan fingerprint density at radius 3 is 2.56 bits per heavy atom. The van der Waals surface area contributed by atoms with Gasteiger partial charge < -0.3 is 15.2 Å². The molecule has 1 aliphatic rings. The first-order valence-electron chi connectivity index (χ1n) is 6.54. The maximum atomic E-state index is 9.37. The van der Waals surface area contributed by atoms with Crippen molar-refractivity contribution in [2.45, 2.75) is 51.6 Å². The van der Waals surface area contributed by atoms with Crippen molar-refractivity contribution < 1.29 is 9.84 Å². The number of aliphatic hydroxyl groups is 1. The Kier molecular flexibility index (Phi) is 6.32. The molecule has 1 saturated carbocycles. The zero-order valence-corrected chi connectivity index (χ0v) is 10.9. The Balaban J connectivity index is 2.47. The molecule has 0 heterocycles. The van der Waals surface area contributed by atoms with Crippen LogP contribution in [0.5, 0.6) is 0 Å². The van der Waals surface area contributed by atoms with Crippen LogP contribution in [-0.4, -0.2) is 37.5 Å². The molecule has 0 aliphatic heterocycles. The van der Waals surface area contributed by atoms with E-state index in [1.54, 1.807) is 7.11 Å². The van der Waals surface area contributed by atoms with Gasteiger partial charge in [0.25, 0.3) is 0 Å². The predicted molar refractivity (Wildman–Crippen MR) is 66.5 cm³/mol. The van der Waals surface area contributed by atoms with Crippen molar-refractivity contribution in [2.75, 3.05) is 20.3 Å². The second-order valence-corrected chi connectivity index (χ2v) is 5.31. The molecule has 3 unspecified atom stereocenters. The van der Waals surface area contributed by atoms with E-state index in [9.17, 15) is 5.11 Å². The normalized spacial score (nSPS) is 28.3. The molecule has 0 bridgehead atoms. The van der Waals surface area contributed by atoms with E-state index in [4.69, 9.17) is 4.74 Å². The fraction of sp³-hybridized carbons (Fsp3) is 1.00. The summed E-state index contributed by atoms with van der Waals surface area (Å²) < 4.78 is 5.25. The number of nitrogens with one attached hydrogen (secondary N) is 1. The number of aliphatic hydroxyl groups excluding tert-OH is 1. The predicted octanol–water partition coefficient (Wildman–Crippen LogP) is 1.80. The molecule has 3 atom stereocenters. The van der Waals surface area contributed by atoms with E-state index in [0.29, 0.717) is 30.5 Å². The zero-order chi connectivity index (χ0) is 12.0. The summed E-state index contributed by atoms with van der Waals surface area (Å²) in [5.74, 6) is 1.01. The van der Waals surface area contributed by atoms with Gasteiger partial charge in [0.1, 0.15) is 0 Å². The van der Waals surface area contributed by atoms with Gasteiger partial charge in [0.15, 0.2) is 0 Å². The van der Waals surface area contributed by atoms with Gasteiger partial charge in [-0.05, 0) is 24.7 Å². The van der Waals surface area contributed by atoms with Crippen LogP contribution in [0.3, 0.4) is 0 Å². The Morgan fingerprint density at radius 2 is 2.00 bits per heavy atom. The fourth-order valence-corrected chi connectivity index (χ4v) is 2.53. The average molecular weight is 229 g/mol. The minimum atomic E-state index is 0.315. The average Bonchev–Trinajstić information content (AvgIpc) is 2.29. The quantitative estimate of drug-likeness (QED) is 0.730. The minimum Gasteiger partial charge on any atom is -0.396 e. The monoisotopic (exact) mass is 229 g/mol. The first-order valence-corrected chi connectivity index (χ1v) is 6.54. The highest BCUT2D eigenvalue weighted by molar-refractivity contribution is 4.84. The molecule has 0 aromatic carbocycles. The third-order valence-electron chi connectivity index (χ3n) is 3.72. The topological polar surface area (TPSA) is 41.5 Å². The van der Waals surface area contributed by atoms with E-state index >= 15 is 0 Å². The third kappa shape index (κ3) is 4.04. The molecule has 0 aromatic heterocycles. The molecule has 0 radical (unpaired) electrons. The number of methoxy groups -OCH3 is 1. The molecule has 0 spiro atoms. The summed E-state index contributed by atoms with van der Waals surface area (Å²) in [4.78, 5) is 0. The molecule has 2 N–H and O–H groups in total. The molecule has 0 saturated heterocycles. The molecule has 96 valence electrons. The molecule has 16 heavy (non-hydrogen) atoms. The zero-order valence-electron chi connectivity index (χ0n) is 10.9. The first-order chi connectivity index (χ1) is 7.69. The standard InChI is InChI=1S/C13H27NO2/c1-10(2)13(9-16-3)14-12-7-5-4-6-11(12)8-15/h10-15H,4-9H2,1-3H3. The van der Waals surface area contributed by atoms with Crippen molar-refractivity contribution in [2.24, 2.45) is 11.8 Å². The van der Waals surface area contributed by atoms with Crippen molar-refractivity contribution in [1.82, 2.24) is 5.32 Å². The Morgan fingerprint density at radius 1 is 1.31 bits per heavy atom. The third-order valence-corrected chi connectivity index (χ3v) is 3.72. The highest BCUT2D eigenvalue weighted by Gasteiger charge is 2.27. The van der Waals surface area contributed by atoms with Gasteiger partial charge in [0, 0.05) is 25.8 Å². The van der Waals surface area contributed by atoms with Crippen molar-refractivity contribution in [3.05, 3.63) is 0 Å². The van der Waals surface area contributed by atoms with E-state index in [-0.39, 0.29) is 0 Å². The summed E-state index contributed by atoms with van der Waals surface area (Å²) in [6, 6.07) is 0.878. The minimum absolute atomic E-state index is 0.315. The van der Waals surface area contributed by atoms with Crippen LogP contribution in [0.2, 0.25) is 0 Å². The fourth-order valence-electron chi connectivity index (χ4n) is 2.53. The van der Waals surface area contributed by atoms with Crippen LogP contribution in [0.4, 0.5) is 0 Å². The molecule has 0 amide bonds. The van der Waals surface area contributed by atoms with Crippen LogP contribution in [0.1, 0.15) is 39.5 Å².